The predicted octanol–water partition coefficient (Wildman–Crippen LogP) is 8.60. The second-order valence-corrected chi connectivity index (χ2v) is 10.8. The Balaban J connectivity index is 1.69. The molecular weight excluding hydrogens is 434 g/mol. The van der Waals surface area contributed by atoms with E-state index in [9.17, 15) is 0 Å². The molecule has 0 spiro atoms. The molecule has 1 aliphatic carbocycles. The molecule has 1 aliphatic rings. The van der Waals surface area contributed by atoms with Crippen LogP contribution in [0.4, 0.5) is 5.69 Å². The maximum Gasteiger partial charge on any atom is 0.0713 e. The van der Waals surface area contributed by atoms with E-state index in [-0.39, 0.29) is 5.41 Å². The number of hydrogen-bond donors (Lipinski definition) is 1. The summed E-state index contributed by atoms with van der Waals surface area (Å²) in [7, 11) is 0. The van der Waals surface area contributed by atoms with Crippen molar-refractivity contribution in [2.45, 2.75) is 31.6 Å². The van der Waals surface area contributed by atoms with Gasteiger partial charge < -0.3 is 5.73 Å². The Labute approximate surface area is 214 Å². The first-order chi connectivity index (χ1) is 17.4. The van der Waals surface area contributed by atoms with Gasteiger partial charge in [0.15, 0.2) is 0 Å². The highest BCUT2D eigenvalue weighted by atomic mass is 14.6. The van der Waals surface area contributed by atoms with Crippen molar-refractivity contribution in [2.24, 2.45) is 0 Å². The Morgan fingerprint density at radius 1 is 0.528 bits per heavy atom. The highest BCUT2D eigenvalue weighted by Gasteiger charge is 2.46. The molecule has 0 amide bonds. The summed E-state index contributed by atoms with van der Waals surface area (Å²) in [5.74, 6) is 0. The van der Waals surface area contributed by atoms with Crippen molar-refractivity contribution in [2.75, 3.05) is 5.73 Å². The van der Waals surface area contributed by atoms with Gasteiger partial charge in [-0.2, -0.15) is 0 Å². The zero-order valence-corrected chi connectivity index (χ0v) is 21.1. The van der Waals surface area contributed by atoms with Crippen molar-refractivity contribution in [3.8, 4) is 22.3 Å². The van der Waals surface area contributed by atoms with Crippen molar-refractivity contribution in [1.82, 2.24) is 0 Å². The fraction of sp³-hybridized carbons (Fsp3) is 0.143. The smallest absolute Gasteiger partial charge is 0.0713 e. The number of rotatable bonds is 3. The fourth-order valence-corrected chi connectivity index (χ4v) is 5.88. The summed E-state index contributed by atoms with van der Waals surface area (Å²) in [6.07, 6.45) is 0. The van der Waals surface area contributed by atoms with Crippen molar-refractivity contribution in [3.05, 3.63) is 149 Å². The molecule has 1 nitrogen and oxygen atoms in total. The van der Waals surface area contributed by atoms with Crippen LogP contribution >= 0.6 is 0 Å². The number of hydrogen-bond acceptors (Lipinski definition) is 1. The minimum absolute atomic E-state index is 0.0489. The van der Waals surface area contributed by atoms with Gasteiger partial charge in [-0.3, -0.25) is 0 Å². The highest BCUT2D eigenvalue weighted by molar-refractivity contribution is 5.89. The SMILES string of the molecule is CC(C)(C)c1ccc(N)c(-c2ccc3c(c2)C(c2ccccc2)(c2ccccc2)c2ccccc2-3)c1. The molecule has 0 heterocycles. The van der Waals surface area contributed by atoms with Crippen molar-refractivity contribution >= 4 is 5.69 Å². The maximum atomic E-state index is 6.58. The zero-order chi connectivity index (χ0) is 24.9. The van der Waals surface area contributed by atoms with Crippen LogP contribution in [0.1, 0.15) is 48.6 Å². The number of benzene rings is 5. The van der Waals surface area contributed by atoms with E-state index in [1.54, 1.807) is 0 Å². The molecule has 0 atom stereocenters. The first-order valence-electron chi connectivity index (χ1n) is 12.7. The molecule has 36 heavy (non-hydrogen) atoms. The van der Waals surface area contributed by atoms with E-state index in [1.165, 1.54) is 38.9 Å². The number of anilines is 1. The monoisotopic (exact) mass is 465 g/mol. The molecule has 1 heteroatoms. The molecule has 0 unspecified atom stereocenters. The van der Waals surface area contributed by atoms with Gasteiger partial charge in [-0.05, 0) is 68.1 Å². The molecule has 0 radical (unpaired) electrons. The number of nitrogen functional groups attached to an aromatic ring is 1. The van der Waals surface area contributed by atoms with Gasteiger partial charge >= 0.3 is 0 Å². The van der Waals surface area contributed by atoms with Gasteiger partial charge in [0.1, 0.15) is 0 Å². The van der Waals surface area contributed by atoms with Gasteiger partial charge in [0, 0.05) is 11.3 Å². The van der Waals surface area contributed by atoms with Gasteiger partial charge in [-0.1, -0.05) is 124 Å². The van der Waals surface area contributed by atoms with E-state index in [1.807, 2.05) is 0 Å². The molecule has 0 saturated heterocycles. The van der Waals surface area contributed by atoms with Crippen LogP contribution in [0.5, 0.6) is 0 Å². The Hall–Kier alpha value is -4.10. The minimum Gasteiger partial charge on any atom is -0.398 e. The normalized spacial score (nSPS) is 13.8. The van der Waals surface area contributed by atoms with Crippen LogP contribution in [-0.4, -0.2) is 0 Å². The summed E-state index contributed by atoms with van der Waals surface area (Å²) in [6, 6.07) is 44.1. The lowest BCUT2D eigenvalue weighted by molar-refractivity contribution is 0.590. The number of nitrogens with two attached hydrogens (primary N) is 1. The van der Waals surface area contributed by atoms with E-state index in [4.69, 9.17) is 5.73 Å². The summed E-state index contributed by atoms with van der Waals surface area (Å²) < 4.78 is 0. The van der Waals surface area contributed by atoms with Gasteiger partial charge in [-0.25, -0.2) is 0 Å². The van der Waals surface area contributed by atoms with E-state index in [0.717, 1.165) is 16.8 Å². The van der Waals surface area contributed by atoms with E-state index < -0.39 is 5.41 Å². The molecule has 176 valence electrons. The van der Waals surface area contributed by atoms with Crippen LogP contribution in [0.15, 0.2) is 121 Å². The second-order valence-electron chi connectivity index (χ2n) is 10.8. The summed E-state index contributed by atoms with van der Waals surface area (Å²) in [4.78, 5) is 0. The van der Waals surface area contributed by atoms with Gasteiger partial charge in [-0.15, -0.1) is 0 Å². The third-order valence-electron chi connectivity index (χ3n) is 7.69. The van der Waals surface area contributed by atoms with Crippen LogP contribution in [0.3, 0.4) is 0 Å². The minimum atomic E-state index is -0.402. The van der Waals surface area contributed by atoms with E-state index in [2.05, 4.69) is 142 Å². The molecule has 0 bridgehead atoms. The zero-order valence-electron chi connectivity index (χ0n) is 21.1. The lowest BCUT2D eigenvalue weighted by atomic mass is 9.67. The molecule has 6 rings (SSSR count). The average molecular weight is 466 g/mol. The van der Waals surface area contributed by atoms with Crippen LogP contribution in [0.2, 0.25) is 0 Å². The lowest BCUT2D eigenvalue weighted by Crippen LogP contribution is -2.28. The molecule has 5 aromatic carbocycles. The van der Waals surface area contributed by atoms with Crippen LogP contribution in [0.25, 0.3) is 22.3 Å². The Kier molecular flexibility index (Phi) is 5.12. The molecule has 5 aromatic rings. The van der Waals surface area contributed by atoms with Crippen LogP contribution in [-0.2, 0) is 10.8 Å². The molecule has 0 saturated carbocycles. The van der Waals surface area contributed by atoms with Gasteiger partial charge in [0.05, 0.1) is 5.41 Å². The largest absolute Gasteiger partial charge is 0.398 e. The lowest BCUT2D eigenvalue weighted by Gasteiger charge is -2.34. The van der Waals surface area contributed by atoms with Gasteiger partial charge in [0.2, 0.25) is 0 Å². The first-order valence-corrected chi connectivity index (χ1v) is 12.7. The average Bonchev–Trinajstić information content (AvgIpc) is 3.20. The first kappa shape index (κ1) is 22.4. The second kappa shape index (κ2) is 8.24. The van der Waals surface area contributed by atoms with Crippen molar-refractivity contribution in [3.63, 3.8) is 0 Å². The fourth-order valence-electron chi connectivity index (χ4n) is 5.88. The third-order valence-corrected chi connectivity index (χ3v) is 7.69. The standard InChI is InChI=1S/C35H31N/c1-34(2,3)27-19-21-33(36)30(23-27)24-18-20-29-28-16-10-11-17-31(28)35(32(29)22-24,25-12-6-4-7-13-25)26-14-8-5-9-15-26/h4-23H,36H2,1-3H3. The molecule has 0 aromatic heterocycles. The molecule has 2 N–H and O–H groups in total. The maximum absolute atomic E-state index is 6.58. The molecule has 0 fully saturated rings. The Bertz CT molecular complexity index is 1520. The Morgan fingerprint density at radius 2 is 1.11 bits per heavy atom. The summed E-state index contributed by atoms with van der Waals surface area (Å²) in [5, 5.41) is 0. The van der Waals surface area contributed by atoms with Gasteiger partial charge in [0.25, 0.3) is 0 Å². The Morgan fingerprint density at radius 3 is 1.75 bits per heavy atom. The highest BCUT2D eigenvalue weighted by Crippen LogP contribution is 2.56. The summed E-state index contributed by atoms with van der Waals surface area (Å²) >= 11 is 0. The van der Waals surface area contributed by atoms with Crippen LogP contribution in [0, 0.1) is 0 Å². The topological polar surface area (TPSA) is 26.0 Å². The molecular formula is C35H31N. The van der Waals surface area contributed by atoms with E-state index in [0.29, 0.717) is 0 Å². The summed E-state index contributed by atoms with van der Waals surface area (Å²) in [6.45, 7) is 6.74. The summed E-state index contributed by atoms with van der Waals surface area (Å²) in [5.41, 5.74) is 18.3. The van der Waals surface area contributed by atoms with Crippen molar-refractivity contribution in [1.29, 1.82) is 0 Å². The number of fused-ring (bicyclic) bond motifs is 3. The predicted molar refractivity (Wildman–Crippen MR) is 152 cm³/mol. The van der Waals surface area contributed by atoms with E-state index >= 15 is 0 Å². The van der Waals surface area contributed by atoms with Crippen LogP contribution < -0.4 is 5.73 Å². The molecule has 0 aliphatic heterocycles. The third kappa shape index (κ3) is 3.31. The quantitative estimate of drug-likeness (QED) is 0.260. The van der Waals surface area contributed by atoms with Crippen molar-refractivity contribution < 1.29 is 0 Å².